The number of hydrogen-bond acceptors (Lipinski definition) is 5. The zero-order chi connectivity index (χ0) is 16.0. The first-order valence-corrected chi connectivity index (χ1v) is 8.38. The van der Waals surface area contributed by atoms with Crippen molar-refractivity contribution in [1.29, 1.82) is 0 Å². The highest BCUT2D eigenvalue weighted by molar-refractivity contribution is 5.97. The molecule has 0 spiro atoms. The summed E-state index contributed by atoms with van der Waals surface area (Å²) in [5.41, 5.74) is 1.90. The molecular weight excluding hydrogens is 292 g/mol. The van der Waals surface area contributed by atoms with Crippen LogP contribution in [0, 0.1) is 6.92 Å². The maximum atomic E-state index is 13.0. The number of carbonyl (C=O) groups is 1. The molecule has 122 valence electrons. The quantitative estimate of drug-likeness (QED) is 0.850. The van der Waals surface area contributed by atoms with E-state index in [4.69, 9.17) is 4.52 Å². The summed E-state index contributed by atoms with van der Waals surface area (Å²) < 4.78 is 5.13. The van der Waals surface area contributed by atoms with E-state index in [1.165, 1.54) is 12.8 Å². The fourth-order valence-corrected chi connectivity index (χ4v) is 4.09. The molecule has 2 fully saturated rings. The van der Waals surface area contributed by atoms with Crippen molar-refractivity contribution in [3.63, 3.8) is 0 Å². The number of likely N-dealkylation sites (N-methyl/N-ethyl adjacent to an activating group) is 1. The molecule has 6 heteroatoms. The molecule has 2 aromatic rings. The summed E-state index contributed by atoms with van der Waals surface area (Å²) in [4.78, 5) is 21.7. The van der Waals surface area contributed by atoms with Crippen molar-refractivity contribution in [1.82, 2.24) is 19.9 Å². The molecule has 4 rings (SSSR count). The summed E-state index contributed by atoms with van der Waals surface area (Å²) in [6.45, 7) is 3.85. The van der Waals surface area contributed by atoms with Crippen molar-refractivity contribution in [3.05, 3.63) is 23.5 Å². The molecule has 2 atom stereocenters. The minimum atomic E-state index is 0.0859. The van der Waals surface area contributed by atoms with Crippen molar-refractivity contribution in [3.8, 4) is 0 Å². The van der Waals surface area contributed by atoms with Gasteiger partial charge in [0.15, 0.2) is 0 Å². The molecule has 2 aliphatic rings. The predicted octanol–water partition coefficient (Wildman–Crippen LogP) is 2.23. The average molecular weight is 314 g/mol. The minimum absolute atomic E-state index is 0.0859. The van der Waals surface area contributed by atoms with Crippen LogP contribution in [0.25, 0.3) is 11.1 Å². The van der Waals surface area contributed by atoms with Gasteiger partial charge in [-0.1, -0.05) is 5.16 Å². The normalized spacial score (nSPS) is 25.6. The van der Waals surface area contributed by atoms with E-state index in [1.54, 1.807) is 6.20 Å². The lowest BCUT2D eigenvalue weighted by Crippen LogP contribution is -2.47. The lowest BCUT2D eigenvalue weighted by Gasteiger charge is -2.33. The molecule has 0 bridgehead atoms. The van der Waals surface area contributed by atoms with E-state index >= 15 is 0 Å². The number of likely N-dealkylation sites (tertiary alicyclic amines) is 2. The molecule has 0 aromatic carbocycles. The van der Waals surface area contributed by atoms with Gasteiger partial charge in [-0.05, 0) is 52.3 Å². The molecule has 0 aliphatic carbocycles. The number of hydrogen-bond donors (Lipinski definition) is 0. The van der Waals surface area contributed by atoms with Gasteiger partial charge in [0.1, 0.15) is 0 Å². The van der Waals surface area contributed by atoms with E-state index in [2.05, 4.69) is 27.0 Å². The van der Waals surface area contributed by atoms with Crippen molar-refractivity contribution in [2.75, 3.05) is 20.1 Å². The Kier molecular flexibility index (Phi) is 3.56. The summed E-state index contributed by atoms with van der Waals surface area (Å²) in [5, 5.41) is 4.74. The van der Waals surface area contributed by atoms with Crippen LogP contribution in [0.1, 0.15) is 41.7 Å². The van der Waals surface area contributed by atoms with Gasteiger partial charge in [-0.15, -0.1) is 0 Å². The van der Waals surface area contributed by atoms with Gasteiger partial charge in [0.05, 0.1) is 16.6 Å². The van der Waals surface area contributed by atoms with E-state index in [1.807, 2.05) is 13.0 Å². The third-order valence-corrected chi connectivity index (χ3v) is 5.34. The van der Waals surface area contributed by atoms with Crippen molar-refractivity contribution in [2.45, 2.75) is 44.7 Å². The Balaban J connectivity index is 1.62. The molecule has 0 N–H and O–H groups in total. The standard InChI is InChI=1S/C17H22N4O2/c1-11-13-9-12(10-18-16(13)23-19-11)17(22)21-8-4-6-15(21)14-5-3-7-20(14)2/h9-10,14-15H,3-8H2,1-2H3/t14-,15+/m0/s1. The molecule has 0 saturated carbocycles. The Labute approximate surface area is 135 Å². The van der Waals surface area contributed by atoms with Crippen LogP contribution in [0.2, 0.25) is 0 Å². The highest BCUT2D eigenvalue weighted by atomic mass is 16.5. The molecule has 2 aliphatic heterocycles. The van der Waals surface area contributed by atoms with Gasteiger partial charge < -0.3 is 14.3 Å². The van der Waals surface area contributed by atoms with Crippen LogP contribution in [-0.2, 0) is 0 Å². The Bertz CT molecular complexity index is 741. The Morgan fingerprint density at radius 3 is 2.83 bits per heavy atom. The van der Waals surface area contributed by atoms with Gasteiger partial charge in [-0.25, -0.2) is 4.98 Å². The SMILES string of the molecule is Cc1noc2ncc(C(=O)N3CCC[C@@H]3[C@@H]3CCCN3C)cc12. The van der Waals surface area contributed by atoms with Crippen LogP contribution in [-0.4, -0.2) is 58.1 Å². The van der Waals surface area contributed by atoms with Crippen molar-refractivity contribution in [2.24, 2.45) is 0 Å². The first kappa shape index (κ1) is 14.6. The molecule has 1 amide bonds. The van der Waals surface area contributed by atoms with E-state index in [-0.39, 0.29) is 5.91 Å². The van der Waals surface area contributed by atoms with Crippen LogP contribution in [0.3, 0.4) is 0 Å². The molecule has 6 nitrogen and oxygen atoms in total. The third-order valence-electron chi connectivity index (χ3n) is 5.34. The third kappa shape index (κ3) is 2.41. The lowest BCUT2D eigenvalue weighted by molar-refractivity contribution is 0.0664. The number of fused-ring (bicyclic) bond motifs is 1. The zero-order valence-corrected chi connectivity index (χ0v) is 13.7. The van der Waals surface area contributed by atoms with Crippen LogP contribution < -0.4 is 0 Å². The van der Waals surface area contributed by atoms with Gasteiger partial charge in [0.25, 0.3) is 11.6 Å². The summed E-state index contributed by atoms with van der Waals surface area (Å²) in [7, 11) is 2.17. The van der Waals surface area contributed by atoms with Crippen LogP contribution in [0.4, 0.5) is 0 Å². The topological polar surface area (TPSA) is 62.5 Å². The van der Waals surface area contributed by atoms with Crippen molar-refractivity contribution < 1.29 is 9.32 Å². The fourth-order valence-electron chi connectivity index (χ4n) is 4.09. The second kappa shape index (κ2) is 5.60. The molecule has 0 unspecified atom stereocenters. The number of rotatable bonds is 2. The number of aryl methyl sites for hydroxylation is 1. The van der Waals surface area contributed by atoms with Crippen LogP contribution in [0.5, 0.6) is 0 Å². The molecule has 2 saturated heterocycles. The number of nitrogens with zero attached hydrogens (tertiary/aromatic N) is 4. The van der Waals surface area contributed by atoms with Gasteiger partial charge >= 0.3 is 0 Å². The molecule has 0 radical (unpaired) electrons. The van der Waals surface area contributed by atoms with Gasteiger partial charge in [-0.3, -0.25) is 4.79 Å². The predicted molar refractivity (Wildman–Crippen MR) is 86.3 cm³/mol. The maximum Gasteiger partial charge on any atom is 0.257 e. The maximum absolute atomic E-state index is 13.0. The summed E-state index contributed by atoms with van der Waals surface area (Å²) in [6.07, 6.45) is 6.22. The summed E-state index contributed by atoms with van der Waals surface area (Å²) in [5.74, 6) is 0.0859. The summed E-state index contributed by atoms with van der Waals surface area (Å²) in [6, 6.07) is 2.69. The zero-order valence-electron chi connectivity index (χ0n) is 13.7. The van der Waals surface area contributed by atoms with E-state index in [0.717, 1.165) is 37.0 Å². The number of pyridine rings is 1. The number of amides is 1. The smallest absolute Gasteiger partial charge is 0.257 e. The number of aromatic nitrogens is 2. The van der Waals surface area contributed by atoms with Gasteiger partial charge in [0.2, 0.25) is 0 Å². The Morgan fingerprint density at radius 1 is 1.26 bits per heavy atom. The van der Waals surface area contributed by atoms with Gasteiger partial charge in [0, 0.05) is 24.8 Å². The Morgan fingerprint density at radius 2 is 2.04 bits per heavy atom. The second-order valence-corrected chi connectivity index (χ2v) is 6.74. The minimum Gasteiger partial charge on any atom is -0.336 e. The second-order valence-electron chi connectivity index (χ2n) is 6.74. The lowest BCUT2D eigenvalue weighted by atomic mass is 10.0. The molecular formula is C17H22N4O2. The van der Waals surface area contributed by atoms with Crippen molar-refractivity contribution >= 4 is 17.0 Å². The van der Waals surface area contributed by atoms with Gasteiger partial charge in [-0.2, -0.15) is 0 Å². The Hall–Kier alpha value is -1.95. The van der Waals surface area contributed by atoms with E-state index in [0.29, 0.717) is 23.4 Å². The fraction of sp³-hybridized carbons (Fsp3) is 0.588. The average Bonchev–Trinajstić information content (AvgIpc) is 3.26. The number of carbonyl (C=O) groups excluding carboxylic acids is 1. The highest BCUT2D eigenvalue weighted by Gasteiger charge is 2.38. The van der Waals surface area contributed by atoms with Crippen LogP contribution in [0.15, 0.2) is 16.8 Å². The molecule has 23 heavy (non-hydrogen) atoms. The van der Waals surface area contributed by atoms with E-state index < -0.39 is 0 Å². The molecule has 2 aromatic heterocycles. The highest BCUT2D eigenvalue weighted by Crippen LogP contribution is 2.30. The van der Waals surface area contributed by atoms with Crippen LogP contribution >= 0.6 is 0 Å². The molecule has 4 heterocycles. The summed E-state index contributed by atoms with van der Waals surface area (Å²) >= 11 is 0. The first-order chi connectivity index (χ1) is 11.1. The largest absolute Gasteiger partial charge is 0.336 e. The monoisotopic (exact) mass is 314 g/mol. The van der Waals surface area contributed by atoms with E-state index in [9.17, 15) is 4.79 Å². The first-order valence-electron chi connectivity index (χ1n) is 8.38.